The Labute approximate surface area is 162 Å². The van der Waals surface area contributed by atoms with Gasteiger partial charge in [0.15, 0.2) is 5.96 Å². The number of nitrogens with one attached hydrogen (secondary N) is 1. The molecule has 2 atom stereocenters. The van der Waals surface area contributed by atoms with Gasteiger partial charge in [0, 0.05) is 52.4 Å². The molecule has 0 spiro atoms. The maximum atomic E-state index is 5.70. The molecule has 0 radical (unpaired) electrons. The summed E-state index contributed by atoms with van der Waals surface area (Å²) in [6.45, 7) is 7.45. The number of ether oxygens (including phenoxy) is 2. The van der Waals surface area contributed by atoms with E-state index in [9.17, 15) is 0 Å². The highest BCUT2D eigenvalue weighted by Crippen LogP contribution is 2.17. The zero-order chi connectivity index (χ0) is 15.9. The normalized spacial score (nSPS) is 27.7. The Morgan fingerprint density at radius 1 is 1.33 bits per heavy atom. The molecule has 0 saturated carbocycles. The third-order valence-corrected chi connectivity index (χ3v) is 4.89. The molecule has 6 nitrogen and oxygen atoms in total. The van der Waals surface area contributed by atoms with Gasteiger partial charge in [0.25, 0.3) is 0 Å². The highest BCUT2D eigenvalue weighted by molar-refractivity contribution is 14.0. The van der Waals surface area contributed by atoms with Gasteiger partial charge in [-0.1, -0.05) is 12.2 Å². The molecule has 0 aromatic heterocycles. The zero-order valence-electron chi connectivity index (χ0n) is 14.7. The molecular weight excluding hydrogens is 419 g/mol. The van der Waals surface area contributed by atoms with E-state index >= 15 is 0 Å². The van der Waals surface area contributed by atoms with E-state index in [2.05, 4.69) is 32.3 Å². The highest BCUT2D eigenvalue weighted by atomic mass is 127. The average Bonchev–Trinajstić information content (AvgIpc) is 3.32. The molecule has 3 heterocycles. The second-order valence-electron chi connectivity index (χ2n) is 6.50. The van der Waals surface area contributed by atoms with Gasteiger partial charge < -0.3 is 19.7 Å². The summed E-state index contributed by atoms with van der Waals surface area (Å²) in [4.78, 5) is 9.33. The topological polar surface area (TPSA) is 49.3 Å². The van der Waals surface area contributed by atoms with Gasteiger partial charge in [-0.05, 0) is 19.3 Å². The summed E-state index contributed by atoms with van der Waals surface area (Å²) in [5.74, 6) is 1.00. The van der Waals surface area contributed by atoms with Gasteiger partial charge >= 0.3 is 0 Å². The van der Waals surface area contributed by atoms with Gasteiger partial charge in [-0.15, -0.1) is 24.0 Å². The molecule has 3 aliphatic rings. The lowest BCUT2D eigenvalue weighted by Gasteiger charge is -2.25. The number of hydrogen-bond donors (Lipinski definition) is 1. The molecule has 2 unspecified atom stereocenters. The predicted octanol–water partition coefficient (Wildman–Crippen LogP) is 1.32. The first-order chi connectivity index (χ1) is 11.4. The lowest BCUT2D eigenvalue weighted by molar-refractivity contribution is 0.0190. The van der Waals surface area contributed by atoms with Crippen molar-refractivity contribution in [1.82, 2.24) is 15.1 Å². The van der Waals surface area contributed by atoms with Crippen LogP contribution < -0.4 is 5.32 Å². The number of rotatable bonds is 6. The van der Waals surface area contributed by atoms with Gasteiger partial charge in [0.05, 0.1) is 19.3 Å². The van der Waals surface area contributed by atoms with Crippen molar-refractivity contribution in [3.05, 3.63) is 12.2 Å². The van der Waals surface area contributed by atoms with Crippen LogP contribution in [0.25, 0.3) is 0 Å². The number of likely N-dealkylation sites (tertiary alicyclic amines) is 1. The molecular formula is C17H31IN4O2. The fourth-order valence-electron chi connectivity index (χ4n) is 3.58. The van der Waals surface area contributed by atoms with Crippen molar-refractivity contribution in [3.63, 3.8) is 0 Å². The van der Waals surface area contributed by atoms with E-state index in [1.165, 1.54) is 12.8 Å². The van der Waals surface area contributed by atoms with Crippen LogP contribution in [-0.2, 0) is 9.47 Å². The molecule has 0 aromatic carbocycles. The summed E-state index contributed by atoms with van der Waals surface area (Å²) in [7, 11) is 1.86. The smallest absolute Gasteiger partial charge is 0.193 e. The van der Waals surface area contributed by atoms with Crippen LogP contribution in [0, 0.1) is 0 Å². The molecule has 1 N–H and O–H groups in total. The minimum atomic E-state index is 0. The van der Waals surface area contributed by atoms with Crippen LogP contribution in [0.4, 0.5) is 0 Å². The SMILES string of the molecule is CN=C(NCCOCC1CCCO1)N1CCC(N2CC=CC2)C1.I. The van der Waals surface area contributed by atoms with Crippen molar-refractivity contribution in [2.75, 3.05) is 59.6 Å². The van der Waals surface area contributed by atoms with Crippen molar-refractivity contribution >= 4 is 29.9 Å². The Morgan fingerprint density at radius 2 is 2.17 bits per heavy atom. The lowest BCUT2D eigenvalue weighted by atomic mass is 10.2. The van der Waals surface area contributed by atoms with E-state index in [4.69, 9.17) is 9.47 Å². The minimum Gasteiger partial charge on any atom is -0.377 e. The Balaban J connectivity index is 0.00000208. The van der Waals surface area contributed by atoms with E-state index in [0.717, 1.165) is 51.7 Å². The van der Waals surface area contributed by atoms with Crippen molar-refractivity contribution < 1.29 is 9.47 Å². The fourth-order valence-corrected chi connectivity index (χ4v) is 3.58. The van der Waals surface area contributed by atoms with Crippen LogP contribution in [0.15, 0.2) is 17.1 Å². The summed E-state index contributed by atoms with van der Waals surface area (Å²) in [5.41, 5.74) is 0. The van der Waals surface area contributed by atoms with Gasteiger partial charge in [-0.3, -0.25) is 9.89 Å². The first-order valence-electron chi connectivity index (χ1n) is 8.91. The van der Waals surface area contributed by atoms with E-state index in [-0.39, 0.29) is 24.0 Å². The maximum Gasteiger partial charge on any atom is 0.193 e. The molecule has 0 bridgehead atoms. The Morgan fingerprint density at radius 3 is 2.88 bits per heavy atom. The van der Waals surface area contributed by atoms with Crippen LogP contribution in [-0.4, -0.2) is 87.5 Å². The number of guanidine groups is 1. The molecule has 24 heavy (non-hydrogen) atoms. The number of halogens is 1. The Hall–Kier alpha value is -0.380. The van der Waals surface area contributed by atoms with Crippen molar-refractivity contribution in [1.29, 1.82) is 0 Å². The average molecular weight is 450 g/mol. The zero-order valence-corrected chi connectivity index (χ0v) is 17.0. The number of aliphatic imine (C=N–C) groups is 1. The molecule has 2 fully saturated rings. The summed E-state index contributed by atoms with van der Waals surface area (Å²) >= 11 is 0. The largest absolute Gasteiger partial charge is 0.377 e. The monoisotopic (exact) mass is 450 g/mol. The Bertz CT molecular complexity index is 419. The van der Waals surface area contributed by atoms with E-state index in [0.29, 0.717) is 25.4 Å². The fraction of sp³-hybridized carbons (Fsp3) is 0.824. The lowest BCUT2D eigenvalue weighted by Crippen LogP contribution is -2.43. The summed E-state index contributed by atoms with van der Waals surface area (Å²) in [6.07, 6.45) is 8.36. The summed E-state index contributed by atoms with van der Waals surface area (Å²) < 4.78 is 11.3. The quantitative estimate of drug-likeness (QED) is 0.218. The van der Waals surface area contributed by atoms with Crippen LogP contribution in [0.5, 0.6) is 0 Å². The van der Waals surface area contributed by atoms with Gasteiger partial charge in [0.1, 0.15) is 0 Å². The van der Waals surface area contributed by atoms with Crippen LogP contribution in [0.3, 0.4) is 0 Å². The first-order valence-corrected chi connectivity index (χ1v) is 8.91. The molecule has 2 saturated heterocycles. The van der Waals surface area contributed by atoms with Crippen LogP contribution in [0.1, 0.15) is 19.3 Å². The number of nitrogens with zero attached hydrogens (tertiary/aromatic N) is 3. The minimum absolute atomic E-state index is 0. The molecule has 0 amide bonds. The number of hydrogen-bond acceptors (Lipinski definition) is 4. The molecule has 138 valence electrons. The van der Waals surface area contributed by atoms with Crippen LogP contribution >= 0.6 is 24.0 Å². The molecule has 3 rings (SSSR count). The molecule has 0 aliphatic carbocycles. The van der Waals surface area contributed by atoms with Crippen LogP contribution in [0.2, 0.25) is 0 Å². The molecule has 0 aromatic rings. The molecule has 7 heteroatoms. The second-order valence-corrected chi connectivity index (χ2v) is 6.50. The Kier molecular flexibility index (Phi) is 8.79. The highest BCUT2D eigenvalue weighted by Gasteiger charge is 2.29. The van der Waals surface area contributed by atoms with Gasteiger partial charge in [-0.25, -0.2) is 0 Å². The second kappa shape index (κ2) is 10.6. The van der Waals surface area contributed by atoms with Gasteiger partial charge in [0.2, 0.25) is 0 Å². The maximum absolute atomic E-state index is 5.70. The van der Waals surface area contributed by atoms with E-state index < -0.39 is 0 Å². The van der Waals surface area contributed by atoms with Crippen molar-refractivity contribution in [3.8, 4) is 0 Å². The van der Waals surface area contributed by atoms with Gasteiger partial charge in [-0.2, -0.15) is 0 Å². The predicted molar refractivity (Wildman–Crippen MR) is 107 cm³/mol. The molecule has 3 aliphatic heterocycles. The third kappa shape index (κ3) is 5.57. The van der Waals surface area contributed by atoms with E-state index in [1.54, 1.807) is 0 Å². The third-order valence-electron chi connectivity index (χ3n) is 4.89. The standard InChI is InChI=1S/C17H30N4O2.HI/c1-18-17(19-7-12-22-14-16-5-4-11-23-16)21-10-6-15(13-21)20-8-2-3-9-20;/h2-3,15-16H,4-14H2,1H3,(H,18,19);1H. The summed E-state index contributed by atoms with van der Waals surface area (Å²) in [5, 5.41) is 3.42. The van der Waals surface area contributed by atoms with E-state index in [1.807, 2.05) is 7.05 Å². The van der Waals surface area contributed by atoms with Crippen molar-refractivity contribution in [2.45, 2.75) is 31.4 Å². The van der Waals surface area contributed by atoms with Crippen molar-refractivity contribution in [2.24, 2.45) is 4.99 Å². The summed E-state index contributed by atoms with van der Waals surface area (Å²) in [6, 6.07) is 0.652. The first kappa shape index (κ1) is 19.9.